The number of rotatable bonds is 6. The Bertz CT molecular complexity index is 965. The van der Waals surface area contributed by atoms with Crippen LogP contribution in [0.5, 0.6) is 11.5 Å². The molecule has 31 heavy (non-hydrogen) atoms. The fourth-order valence-corrected chi connectivity index (χ4v) is 4.57. The van der Waals surface area contributed by atoms with Gasteiger partial charge in [-0.1, -0.05) is 25.4 Å². The number of esters is 1. The van der Waals surface area contributed by atoms with Crippen molar-refractivity contribution in [1.29, 1.82) is 0 Å². The number of ketones is 1. The largest absolute Gasteiger partial charge is 0.503 e. The molecule has 0 radical (unpaired) electrons. The van der Waals surface area contributed by atoms with Crippen molar-refractivity contribution in [2.24, 2.45) is 16.3 Å². The van der Waals surface area contributed by atoms with Gasteiger partial charge in [0.25, 0.3) is 0 Å². The van der Waals surface area contributed by atoms with Crippen LogP contribution in [-0.2, 0) is 19.1 Å². The van der Waals surface area contributed by atoms with Crippen LogP contribution in [0.3, 0.4) is 0 Å². The van der Waals surface area contributed by atoms with Crippen molar-refractivity contribution < 1.29 is 28.9 Å². The van der Waals surface area contributed by atoms with E-state index in [4.69, 9.17) is 25.8 Å². The summed E-state index contributed by atoms with van der Waals surface area (Å²) < 4.78 is 15.6. The maximum atomic E-state index is 13.3. The van der Waals surface area contributed by atoms with Crippen LogP contribution >= 0.6 is 11.6 Å². The highest BCUT2D eigenvalue weighted by atomic mass is 35.5. The number of hydrogen-bond donors (Lipinski definition) is 1. The molecule has 0 amide bonds. The third kappa shape index (κ3) is 4.62. The fraction of sp³-hybridized carbons (Fsp3) is 0.522. The Morgan fingerprint density at radius 3 is 2.61 bits per heavy atom. The molecule has 1 heterocycles. The van der Waals surface area contributed by atoms with Crippen molar-refractivity contribution in [2.75, 3.05) is 27.4 Å². The molecular weight excluding hydrogens is 422 g/mol. The van der Waals surface area contributed by atoms with E-state index in [-0.39, 0.29) is 40.9 Å². The average Bonchev–Trinajstić information content (AvgIpc) is 2.68. The van der Waals surface area contributed by atoms with E-state index in [0.717, 1.165) is 0 Å². The summed E-state index contributed by atoms with van der Waals surface area (Å²) in [5.41, 5.74) is 2.12. The minimum atomic E-state index is -0.800. The molecule has 1 N–H and O–H groups in total. The van der Waals surface area contributed by atoms with E-state index in [0.29, 0.717) is 35.4 Å². The number of methoxy groups -OCH3 is 2. The number of benzene rings is 1. The van der Waals surface area contributed by atoms with Crippen molar-refractivity contribution in [1.82, 2.24) is 0 Å². The van der Waals surface area contributed by atoms with Gasteiger partial charge >= 0.3 is 5.97 Å². The first-order valence-corrected chi connectivity index (χ1v) is 10.5. The third-order valence-electron chi connectivity index (χ3n) is 5.72. The van der Waals surface area contributed by atoms with E-state index in [9.17, 15) is 14.7 Å². The first-order chi connectivity index (χ1) is 14.6. The van der Waals surface area contributed by atoms with Crippen LogP contribution in [0, 0.1) is 11.3 Å². The number of nitrogens with zero attached hydrogens (tertiary/aromatic N) is 1. The van der Waals surface area contributed by atoms with Gasteiger partial charge in [0.2, 0.25) is 0 Å². The molecule has 3 rings (SSSR count). The number of allylic oxidation sites excluding steroid dienone is 2. The Morgan fingerprint density at radius 2 is 1.97 bits per heavy atom. The van der Waals surface area contributed by atoms with E-state index in [1.807, 2.05) is 13.8 Å². The summed E-state index contributed by atoms with van der Waals surface area (Å²) in [5, 5.41) is 10.3. The monoisotopic (exact) mass is 449 g/mol. The first kappa shape index (κ1) is 23.3. The van der Waals surface area contributed by atoms with Gasteiger partial charge in [-0.2, -0.15) is 0 Å². The van der Waals surface area contributed by atoms with Crippen molar-refractivity contribution in [2.45, 2.75) is 39.5 Å². The molecule has 168 valence electrons. The van der Waals surface area contributed by atoms with Crippen molar-refractivity contribution in [3.05, 3.63) is 34.0 Å². The second-order valence-corrected chi connectivity index (χ2v) is 9.13. The molecule has 1 aromatic rings. The molecule has 1 aliphatic heterocycles. The minimum Gasteiger partial charge on any atom is -0.503 e. The highest BCUT2D eigenvalue weighted by Gasteiger charge is 2.46. The summed E-state index contributed by atoms with van der Waals surface area (Å²) in [4.78, 5) is 31.0. The molecule has 2 atom stereocenters. The van der Waals surface area contributed by atoms with E-state index >= 15 is 0 Å². The van der Waals surface area contributed by atoms with Crippen LogP contribution < -0.4 is 4.74 Å². The lowest BCUT2D eigenvalue weighted by Crippen LogP contribution is -2.39. The first-order valence-electron chi connectivity index (χ1n) is 10.1. The smallest absolute Gasteiger partial charge is 0.315 e. The highest BCUT2D eigenvalue weighted by molar-refractivity contribution is 6.32. The molecule has 0 spiro atoms. The number of aliphatic imine (C=N–C) groups is 1. The van der Waals surface area contributed by atoms with E-state index in [1.54, 1.807) is 19.1 Å². The van der Waals surface area contributed by atoms with Crippen LogP contribution in [0.4, 0.5) is 0 Å². The van der Waals surface area contributed by atoms with Crippen LogP contribution in [0.1, 0.15) is 45.1 Å². The van der Waals surface area contributed by atoms with Gasteiger partial charge in [-0.3, -0.25) is 14.6 Å². The van der Waals surface area contributed by atoms with Crippen LogP contribution in [-0.4, -0.2) is 50.0 Å². The molecule has 0 saturated carbocycles. The number of phenols is 1. The Kier molecular flexibility index (Phi) is 6.76. The lowest BCUT2D eigenvalue weighted by molar-refractivity contribution is -0.147. The number of hydrogen-bond acceptors (Lipinski definition) is 7. The Balaban J connectivity index is 2.16. The maximum absolute atomic E-state index is 13.3. The summed E-state index contributed by atoms with van der Waals surface area (Å²) in [7, 11) is 2.94. The summed E-state index contributed by atoms with van der Waals surface area (Å²) in [6, 6.07) is 3.17. The zero-order valence-electron chi connectivity index (χ0n) is 18.5. The average molecular weight is 450 g/mol. The zero-order valence-corrected chi connectivity index (χ0v) is 19.2. The summed E-state index contributed by atoms with van der Waals surface area (Å²) >= 11 is 6.25. The Morgan fingerprint density at radius 1 is 1.26 bits per heavy atom. The standard InChI is InChI=1S/C23H28ClNO6/c1-12-18(22(28)31-7-6-29-4)19(13-8-14(24)21(27)17(9-13)30-5)20-15(25-12)10-23(2,3)11-16(20)26/h8-9,18-19,27H,6-7,10-11H2,1-5H3/t18?,19-/m1/s1. The molecule has 7 nitrogen and oxygen atoms in total. The number of phenolic OH excluding ortho intramolecular Hbond substituents is 1. The van der Waals surface area contributed by atoms with Crippen LogP contribution in [0.15, 0.2) is 28.4 Å². The number of halogens is 1. The highest BCUT2D eigenvalue weighted by Crippen LogP contribution is 2.49. The van der Waals surface area contributed by atoms with Gasteiger partial charge in [-0.25, -0.2) is 0 Å². The predicted octanol–water partition coefficient (Wildman–Crippen LogP) is 4.06. The molecule has 0 fully saturated rings. The van der Waals surface area contributed by atoms with Gasteiger partial charge in [-0.15, -0.1) is 0 Å². The maximum Gasteiger partial charge on any atom is 0.315 e. The van der Waals surface area contributed by atoms with Crippen molar-refractivity contribution >= 4 is 29.1 Å². The van der Waals surface area contributed by atoms with Gasteiger partial charge in [0.1, 0.15) is 12.5 Å². The van der Waals surface area contributed by atoms with Gasteiger partial charge in [0, 0.05) is 36.4 Å². The summed E-state index contributed by atoms with van der Waals surface area (Å²) in [6.07, 6.45) is 0.974. The number of ether oxygens (including phenoxy) is 3. The van der Waals surface area contributed by atoms with Crippen LogP contribution in [0.2, 0.25) is 5.02 Å². The second kappa shape index (κ2) is 9.01. The lowest BCUT2D eigenvalue weighted by atomic mass is 9.67. The second-order valence-electron chi connectivity index (χ2n) is 8.72. The van der Waals surface area contributed by atoms with Crippen LogP contribution in [0.25, 0.3) is 0 Å². The topological polar surface area (TPSA) is 94.4 Å². The molecule has 1 aliphatic carbocycles. The molecule has 0 aromatic heterocycles. The number of carbonyl (C=O) groups excluding carboxylic acids is 2. The Labute approximate surface area is 187 Å². The van der Waals surface area contributed by atoms with E-state index in [2.05, 4.69) is 4.99 Å². The molecule has 1 unspecified atom stereocenters. The van der Waals surface area contributed by atoms with E-state index < -0.39 is 17.8 Å². The summed E-state index contributed by atoms with van der Waals surface area (Å²) in [6.45, 7) is 6.18. The molecule has 8 heteroatoms. The van der Waals surface area contributed by atoms with Gasteiger partial charge in [-0.05, 0) is 36.5 Å². The molecule has 2 aliphatic rings. The molecule has 0 bridgehead atoms. The molecular formula is C23H28ClNO6. The molecule has 1 aromatic carbocycles. The fourth-order valence-electron chi connectivity index (χ4n) is 4.35. The van der Waals surface area contributed by atoms with Gasteiger partial charge in [0.05, 0.1) is 18.7 Å². The number of carbonyl (C=O) groups is 2. The van der Waals surface area contributed by atoms with Crippen molar-refractivity contribution in [3.8, 4) is 11.5 Å². The van der Waals surface area contributed by atoms with Crippen molar-refractivity contribution in [3.63, 3.8) is 0 Å². The predicted molar refractivity (Wildman–Crippen MR) is 117 cm³/mol. The van der Waals surface area contributed by atoms with E-state index in [1.165, 1.54) is 14.2 Å². The normalized spacial score (nSPS) is 22.6. The van der Waals surface area contributed by atoms with Gasteiger partial charge in [0.15, 0.2) is 17.3 Å². The zero-order chi connectivity index (χ0) is 22.9. The number of aromatic hydroxyl groups is 1. The minimum absolute atomic E-state index is 0.0506. The lowest BCUT2D eigenvalue weighted by Gasteiger charge is -2.39. The number of Topliss-reactive ketones (excluding diaryl/α,β-unsaturated/α-hetero) is 1. The van der Waals surface area contributed by atoms with Gasteiger partial charge < -0.3 is 19.3 Å². The summed E-state index contributed by atoms with van der Waals surface area (Å²) in [5.74, 6) is -2.01. The third-order valence-corrected chi connectivity index (χ3v) is 6.01. The quantitative estimate of drug-likeness (QED) is 0.519. The SMILES string of the molecule is COCCOC(=O)C1C(C)=NC2=C(C(=O)CC(C)(C)C2)[C@@H]1c1cc(Cl)c(O)c(OC)c1. The molecule has 0 saturated heterocycles. The Hall–Kier alpha value is -2.38.